The van der Waals surface area contributed by atoms with E-state index < -0.39 is 0 Å². The Morgan fingerprint density at radius 1 is 1.27 bits per heavy atom. The molecule has 0 spiro atoms. The predicted octanol–water partition coefficient (Wildman–Crippen LogP) is 3.91. The van der Waals surface area contributed by atoms with Crippen molar-refractivity contribution in [3.8, 4) is 5.75 Å². The zero-order valence-corrected chi connectivity index (χ0v) is 10.1. The molecule has 0 amide bonds. The van der Waals surface area contributed by atoms with E-state index in [-0.39, 0.29) is 0 Å². The number of hydrogen-bond donors (Lipinski definition) is 0. The van der Waals surface area contributed by atoms with Crippen LogP contribution in [0.15, 0.2) is 18.2 Å². The number of ether oxygens (including phenoxy) is 1. The van der Waals surface area contributed by atoms with Gasteiger partial charge in [-0.05, 0) is 35.8 Å². The fourth-order valence-corrected chi connectivity index (χ4v) is 2.48. The third-order valence-electron chi connectivity index (χ3n) is 3.32. The lowest BCUT2D eigenvalue weighted by atomic mass is 9.73. The molecule has 1 aromatic carbocycles. The van der Waals surface area contributed by atoms with Crippen molar-refractivity contribution in [3.05, 3.63) is 29.3 Å². The molecule has 1 unspecified atom stereocenters. The van der Waals surface area contributed by atoms with Gasteiger partial charge in [0.25, 0.3) is 0 Å². The Kier molecular flexibility index (Phi) is 2.49. The average molecular weight is 204 g/mol. The van der Waals surface area contributed by atoms with Crippen LogP contribution in [0.3, 0.4) is 0 Å². The van der Waals surface area contributed by atoms with Gasteiger partial charge in [0.05, 0.1) is 6.61 Å². The van der Waals surface area contributed by atoms with E-state index >= 15 is 0 Å². The minimum atomic E-state index is 0.326. The molecule has 0 bridgehead atoms. The molecule has 1 heterocycles. The Morgan fingerprint density at radius 2 is 2.00 bits per heavy atom. The first kappa shape index (κ1) is 10.5. The van der Waals surface area contributed by atoms with E-state index in [1.165, 1.54) is 11.1 Å². The van der Waals surface area contributed by atoms with E-state index in [0.717, 1.165) is 18.8 Å². The molecule has 0 fully saturated rings. The van der Waals surface area contributed by atoms with Crippen LogP contribution < -0.4 is 4.74 Å². The van der Waals surface area contributed by atoms with Crippen LogP contribution in [-0.2, 0) is 0 Å². The van der Waals surface area contributed by atoms with Crippen molar-refractivity contribution in [1.82, 2.24) is 0 Å². The van der Waals surface area contributed by atoms with Gasteiger partial charge < -0.3 is 4.74 Å². The maximum Gasteiger partial charge on any atom is 0.125 e. The monoisotopic (exact) mass is 204 g/mol. The van der Waals surface area contributed by atoms with E-state index in [0.29, 0.717) is 11.3 Å². The summed E-state index contributed by atoms with van der Waals surface area (Å²) < 4.78 is 5.78. The standard InChI is InChI=1S/C14H20O/c1-10-6-5-7-11-12(14(2,3)4)8-9-15-13(10)11/h5-7,12H,8-9H2,1-4H3. The molecule has 1 atom stereocenters. The zero-order valence-electron chi connectivity index (χ0n) is 10.1. The van der Waals surface area contributed by atoms with Gasteiger partial charge in [0.15, 0.2) is 0 Å². The fraction of sp³-hybridized carbons (Fsp3) is 0.571. The normalized spacial score (nSPS) is 20.7. The number of hydrogen-bond acceptors (Lipinski definition) is 1. The molecule has 0 aromatic heterocycles. The van der Waals surface area contributed by atoms with Gasteiger partial charge in [-0.2, -0.15) is 0 Å². The summed E-state index contributed by atoms with van der Waals surface area (Å²) in [6, 6.07) is 6.49. The van der Waals surface area contributed by atoms with Crippen molar-refractivity contribution < 1.29 is 4.74 Å². The molecule has 1 aromatic rings. The van der Waals surface area contributed by atoms with Crippen LogP contribution in [-0.4, -0.2) is 6.61 Å². The first-order chi connectivity index (χ1) is 7.00. The second kappa shape index (κ2) is 3.55. The molecule has 1 nitrogen and oxygen atoms in total. The Morgan fingerprint density at radius 3 is 2.67 bits per heavy atom. The number of aryl methyl sites for hydroxylation is 1. The fourth-order valence-electron chi connectivity index (χ4n) is 2.48. The molecule has 15 heavy (non-hydrogen) atoms. The van der Waals surface area contributed by atoms with Crippen molar-refractivity contribution in [2.24, 2.45) is 5.41 Å². The molecule has 82 valence electrons. The summed E-state index contributed by atoms with van der Waals surface area (Å²) in [6.45, 7) is 9.93. The maximum absolute atomic E-state index is 5.78. The lowest BCUT2D eigenvalue weighted by Gasteiger charge is -2.36. The summed E-state index contributed by atoms with van der Waals surface area (Å²) in [4.78, 5) is 0. The third-order valence-corrected chi connectivity index (χ3v) is 3.32. The topological polar surface area (TPSA) is 9.23 Å². The molecule has 0 N–H and O–H groups in total. The summed E-state index contributed by atoms with van der Waals surface area (Å²) >= 11 is 0. The highest BCUT2D eigenvalue weighted by Gasteiger charge is 2.31. The Hall–Kier alpha value is -0.980. The summed E-state index contributed by atoms with van der Waals surface area (Å²) in [6.07, 6.45) is 1.14. The summed E-state index contributed by atoms with van der Waals surface area (Å²) in [5.74, 6) is 1.75. The van der Waals surface area contributed by atoms with Gasteiger partial charge in [0.2, 0.25) is 0 Å². The Balaban J connectivity index is 2.48. The highest BCUT2D eigenvalue weighted by atomic mass is 16.5. The van der Waals surface area contributed by atoms with Crippen molar-refractivity contribution in [2.75, 3.05) is 6.61 Å². The SMILES string of the molecule is Cc1cccc2c1OCCC2C(C)(C)C. The van der Waals surface area contributed by atoms with Crippen LogP contribution >= 0.6 is 0 Å². The molecular weight excluding hydrogens is 184 g/mol. The number of benzene rings is 1. The van der Waals surface area contributed by atoms with Crippen LogP contribution in [0.2, 0.25) is 0 Å². The largest absolute Gasteiger partial charge is 0.493 e. The summed E-state index contributed by atoms with van der Waals surface area (Å²) in [5.41, 5.74) is 2.99. The van der Waals surface area contributed by atoms with Gasteiger partial charge in [-0.15, -0.1) is 0 Å². The van der Waals surface area contributed by atoms with Crippen LogP contribution in [0.1, 0.15) is 44.2 Å². The zero-order chi connectivity index (χ0) is 11.1. The van der Waals surface area contributed by atoms with E-state index in [4.69, 9.17) is 4.74 Å². The molecule has 0 saturated heterocycles. The van der Waals surface area contributed by atoms with Crippen LogP contribution in [0.25, 0.3) is 0 Å². The molecule has 2 rings (SSSR count). The molecule has 1 aliphatic heterocycles. The molecule has 1 heteroatoms. The van der Waals surface area contributed by atoms with Gasteiger partial charge in [-0.1, -0.05) is 39.0 Å². The first-order valence-electron chi connectivity index (χ1n) is 5.72. The second-order valence-corrected chi connectivity index (χ2v) is 5.55. The minimum absolute atomic E-state index is 0.326. The highest BCUT2D eigenvalue weighted by Crippen LogP contribution is 2.45. The smallest absolute Gasteiger partial charge is 0.125 e. The van der Waals surface area contributed by atoms with Crippen molar-refractivity contribution in [2.45, 2.75) is 40.0 Å². The van der Waals surface area contributed by atoms with Gasteiger partial charge >= 0.3 is 0 Å². The van der Waals surface area contributed by atoms with E-state index in [2.05, 4.69) is 45.9 Å². The number of rotatable bonds is 0. The average Bonchev–Trinajstić information content (AvgIpc) is 2.16. The molecule has 0 saturated carbocycles. The van der Waals surface area contributed by atoms with Gasteiger partial charge in [-0.25, -0.2) is 0 Å². The Bertz CT molecular complexity index is 360. The quantitative estimate of drug-likeness (QED) is 0.622. The van der Waals surface area contributed by atoms with Gasteiger partial charge in [0, 0.05) is 0 Å². The van der Waals surface area contributed by atoms with Crippen LogP contribution in [0, 0.1) is 12.3 Å². The van der Waals surface area contributed by atoms with Crippen molar-refractivity contribution >= 4 is 0 Å². The molecule has 0 radical (unpaired) electrons. The number of para-hydroxylation sites is 1. The molecular formula is C14H20O. The summed E-state index contributed by atoms with van der Waals surface area (Å²) in [5, 5.41) is 0. The van der Waals surface area contributed by atoms with Gasteiger partial charge in [0.1, 0.15) is 5.75 Å². The van der Waals surface area contributed by atoms with Gasteiger partial charge in [-0.3, -0.25) is 0 Å². The Labute approximate surface area is 92.5 Å². The maximum atomic E-state index is 5.78. The molecule has 1 aliphatic rings. The van der Waals surface area contributed by atoms with Crippen molar-refractivity contribution in [1.29, 1.82) is 0 Å². The molecule has 0 aliphatic carbocycles. The summed E-state index contributed by atoms with van der Waals surface area (Å²) in [7, 11) is 0. The highest BCUT2D eigenvalue weighted by molar-refractivity contribution is 5.44. The van der Waals surface area contributed by atoms with Crippen LogP contribution in [0.5, 0.6) is 5.75 Å². The van der Waals surface area contributed by atoms with Crippen molar-refractivity contribution in [3.63, 3.8) is 0 Å². The van der Waals surface area contributed by atoms with E-state index in [1.807, 2.05) is 0 Å². The predicted molar refractivity (Wildman–Crippen MR) is 63.5 cm³/mol. The lowest BCUT2D eigenvalue weighted by Crippen LogP contribution is -2.25. The third kappa shape index (κ3) is 1.88. The number of fused-ring (bicyclic) bond motifs is 1. The van der Waals surface area contributed by atoms with E-state index in [9.17, 15) is 0 Å². The first-order valence-corrected chi connectivity index (χ1v) is 5.72. The van der Waals surface area contributed by atoms with E-state index in [1.54, 1.807) is 0 Å². The lowest BCUT2D eigenvalue weighted by molar-refractivity contribution is 0.203. The minimum Gasteiger partial charge on any atom is -0.493 e. The van der Waals surface area contributed by atoms with Crippen LogP contribution in [0.4, 0.5) is 0 Å². The second-order valence-electron chi connectivity index (χ2n) is 5.55.